The number of rotatable bonds is 4. The molecule has 1 saturated heterocycles. The fourth-order valence-corrected chi connectivity index (χ4v) is 5.43. The summed E-state index contributed by atoms with van der Waals surface area (Å²) in [7, 11) is 1.66. The summed E-state index contributed by atoms with van der Waals surface area (Å²) in [5.74, 6) is 0.861. The Labute approximate surface area is 176 Å². The number of hydrogen-bond acceptors (Lipinski definition) is 3. The predicted octanol–water partition coefficient (Wildman–Crippen LogP) is 3.51. The van der Waals surface area contributed by atoms with Gasteiger partial charge in [-0.3, -0.25) is 9.59 Å². The van der Waals surface area contributed by atoms with Crippen molar-refractivity contribution in [2.45, 2.75) is 51.0 Å². The van der Waals surface area contributed by atoms with Crippen molar-refractivity contribution in [2.75, 3.05) is 26.7 Å². The Morgan fingerprint density at radius 1 is 1.20 bits per heavy atom. The van der Waals surface area contributed by atoms with E-state index in [0.717, 1.165) is 53.6 Å². The molecule has 1 N–H and O–H groups in total. The molecule has 0 unspecified atom stereocenters. The molecular formula is C24H29N3O3. The number of hydrogen-bond donors (Lipinski definition) is 1. The molecule has 6 nitrogen and oxygen atoms in total. The highest BCUT2D eigenvalue weighted by Crippen LogP contribution is 2.42. The van der Waals surface area contributed by atoms with Crippen molar-refractivity contribution in [2.24, 2.45) is 0 Å². The number of aromatic nitrogens is 1. The van der Waals surface area contributed by atoms with Gasteiger partial charge in [0, 0.05) is 24.0 Å². The third-order valence-corrected chi connectivity index (χ3v) is 7.14. The second-order valence-corrected chi connectivity index (χ2v) is 8.84. The number of piperazine rings is 1. The van der Waals surface area contributed by atoms with E-state index in [1.807, 2.05) is 25.1 Å². The van der Waals surface area contributed by atoms with Gasteiger partial charge in [0.1, 0.15) is 5.75 Å². The van der Waals surface area contributed by atoms with Gasteiger partial charge in [0.05, 0.1) is 19.3 Å². The number of amides is 2. The number of carbonyl (C=O) groups is 2. The second-order valence-electron chi connectivity index (χ2n) is 8.84. The molecule has 3 aliphatic rings. The molecule has 6 heteroatoms. The van der Waals surface area contributed by atoms with E-state index < -0.39 is 5.54 Å². The lowest BCUT2D eigenvalue weighted by atomic mass is 9.83. The highest BCUT2D eigenvalue weighted by molar-refractivity contribution is 6.00. The van der Waals surface area contributed by atoms with Gasteiger partial charge in [-0.2, -0.15) is 0 Å². The molecule has 2 aromatic rings. The summed E-state index contributed by atoms with van der Waals surface area (Å²) in [6, 6.07) is 5.93. The maximum atomic E-state index is 13.7. The van der Waals surface area contributed by atoms with Gasteiger partial charge in [-0.15, -0.1) is 0 Å². The van der Waals surface area contributed by atoms with Crippen molar-refractivity contribution in [1.29, 1.82) is 0 Å². The van der Waals surface area contributed by atoms with E-state index in [9.17, 15) is 9.59 Å². The molecule has 1 aromatic heterocycles. The standard InChI is InChI=1S/C24H29N3O3/c1-24-22-18(19-14-17(30-2)8-9-20(19)25-22)11-13-27(24)21(28)15-26(23(24)29)12-10-16-6-4-3-5-7-16/h6,8-9,14,25H,3-5,7,10-13,15H2,1-2H3/t24-/m1/s1. The third-order valence-electron chi connectivity index (χ3n) is 7.14. The van der Waals surface area contributed by atoms with E-state index in [4.69, 9.17) is 4.74 Å². The number of allylic oxidation sites excluding steroid dienone is 1. The molecule has 0 radical (unpaired) electrons. The van der Waals surface area contributed by atoms with Crippen LogP contribution in [0.5, 0.6) is 5.75 Å². The second kappa shape index (κ2) is 7.18. The predicted molar refractivity (Wildman–Crippen MR) is 115 cm³/mol. The number of aromatic amines is 1. The Balaban J connectivity index is 1.50. The third kappa shape index (κ3) is 2.84. The van der Waals surface area contributed by atoms with Crippen LogP contribution in [-0.2, 0) is 21.5 Å². The topological polar surface area (TPSA) is 65.6 Å². The van der Waals surface area contributed by atoms with Crippen LogP contribution in [0.3, 0.4) is 0 Å². The van der Waals surface area contributed by atoms with Crippen molar-refractivity contribution < 1.29 is 14.3 Å². The summed E-state index contributed by atoms with van der Waals surface area (Å²) < 4.78 is 5.40. The molecule has 1 atom stereocenters. The summed E-state index contributed by atoms with van der Waals surface area (Å²) in [5.41, 5.74) is 3.41. The van der Waals surface area contributed by atoms with Gasteiger partial charge < -0.3 is 19.5 Å². The smallest absolute Gasteiger partial charge is 0.254 e. The largest absolute Gasteiger partial charge is 0.497 e. The Hall–Kier alpha value is -2.76. The number of fused-ring (bicyclic) bond motifs is 5. The van der Waals surface area contributed by atoms with Crippen LogP contribution in [0.2, 0.25) is 0 Å². The van der Waals surface area contributed by atoms with Crippen molar-refractivity contribution in [3.05, 3.63) is 41.1 Å². The average molecular weight is 408 g/mol. The minimum atomic E-state index is -0.976. The molecule has 3 heterocycles. The van der Waals surface area contributed by atoms with Gasteiger partial charge in [-0.25, -0.2) is 0 Å². The zero-order chi connectivity index (χ0) is 20.9. The van der Waals surface area contributed by atoms with E-state index in [1.165, 1.54) is 18.4 Å². The Morgan fingerprint density at radius 3 is 2.83 bits per heavy atom. The SMILES string of the molecule is COc1ccc2[nH]c3c(c2c1)CCN1C(=O)CN(CCC2=CCCCC2)C(=O)[C@@]31C. The minimum Gasteiger partial charge on any atom is -0.497 e. The lowest BCUT2D eigenvalue weighted by Gasteiger charge is -2.49. The van der Waals surface area contributed by atoms with Crippen LogP contribution < -0.4 is 4.74 Å². The number of nitrogens with one attached hydrogen (secondary N) is 1. The molecule has 0 bridgehead atoms. The molecule has 1 aliphatic carbocycles. The van der Waals surface area contributed by atoms with Gasteiger partial charge in [-0.05, 0) is 69.2 Å². The van der Waals surface area contributed by atoms with Crippen LogP contribution >= 0.6 is 0 Å². The zero-order valence-electron chi connectivity index (χ0n) is 17.8. The highest BCUT2D eigenvalue weighted by atomic mass is 16.5. The number of benzene rings is 1. The van der Waals surface area contributed by atoms with E-state index in [0.29, 0.717) is 13.1 Å². The van der Waals surface area contributed by atoms with Gasteiger partial charge in [0.15, 0.2) is 5.54 Å². The first-order chi connectivity index (χ1) is 14.5. The Bertz CT molecular complexity index is 1050. The molecule has 1 fully saturated rings. The molecule has 0 spiro atoms. The van der Waals surface area contributed by atoms with Crippen LogP contribution in [0, 0.1) is 0 Å². The van der Waals surface area contributed by atoms with Crippen molar-refractivity contribution in [3.63, 3.8) is 0 Å². The normalized spacial score (nSPS) is 24.0. The number of ether oxygens (including phenoxy) is 1. The van der Waals surface area contributed by atoms with Crippen molar-refractivity contribution >= 4 is 22.7 Å². The molecule has 2 amide bonds. The lowest BCUT2D eigenvalue weighted by Crippen LogP contribution is -2.67. The fraction of sp³-hybridized carbons (Fsp3) is 0.500. The van der Waals surface area contributed by atoms with Gasteiger partial charge in [0.2, 0.25) is 5.91 Å². The molecule has 5 rings (SSSR count). The van der Waals surface area contributed by atoms with Gasteiger partial charge in [-0.1, -0.05) is 11.6 Å². The van der Waals surface area contributed by atoms with Crippen LogP contribution in [0.15, 0.2) is 29.8 Å². The summed E-state index contributed by atoms with van der Waals surface area (Å²) >= 11 is 0. The lowest BCUT2D eigenvalue weighted by molar-refractivity contribution is -0.165. The molecule has 2 aliphatic heterocycles. The number of H-pyrrole nitrogens is 1. The van der Waals surface area contributed by atoms with Crippen LogP contribution in [0.25, 0.3) is 10.9 Å². The first-order valence-electron chi connectivity index (χ1n) is 11.0. The molecule has 30 heavy (non-hydrogen) atoms. The maximum absolute atomic E-state index is 13.7. The quantitative estimate of drug-likeness (QED) is 0.789. The number of carbonyl (C=O) groups excluding carboxylic acids is 2. The van der Waals surface area contributed by atoms with Gasteiger partial charge in [0.25, 0.3) is 5.91 Å². The van der Waals surface area contributed by atoms with E-state index in [-0.39, 0.29) is 18.4 Å². The number of nitrogens with zero attached hydrogens (tertiary/aromatic N) is 2. The summed E-state index contributed by atoms with van der Waals surface area (Å²) in [4.78, 5) is 33.8. The molecule has 1 aromatic carbocycles. The summed E-state index contributed by atoms with van der Waals surface area (Å²) in [5, 5.41) is 1.08. The van der Waals surface area contributed by atoms with E-state index >= 15 is 0 Å². The van der Waals surface area contributed by atoms with E-state index in [2.05, 4.69) is 11.1 Å². The van der Waals surface area contributed by atoms with Crippen molar-refractivity contribution in [1.82, 2.24) is 14.8 Å². The number of methoxy groups -OCH3 is 1. The zero-order valence-corrected chi connectivity index (χ0v) is 17.8. The Morgan fingerprint density at radius 2 is 2.07 bits per heavy atom. The molecule has 0 saturated carbocycles. The molecule has 158 valence electrons. The minimum absolute atomic E-state index is 0.0259. The first kappa shape index (κ1) is 19.2. The highest BCUT2D eigenvalue weighted by Gasteiger charge is 2.53. The Kier molecular flexibility index (Phi) is 4.60. The van der Waals surface area contributed by atoms with Crippen molar-refractivity contribution in [3.8, 4) is 5.75 Å². The fourth-order valence-electron chi connectivity index (χ4n) is 5.43. The maximum Gasteiger partial charge on any atom is 0.254 e. The monoisotopic (exact) mass is 407 g/mol. The van der Waals surface area contributed by atoms with Crippen LogP contribution in [-0.4, -0.2) is 53.3 Å². The van der Waals surface area contributed by atoms with E-state index in [1.54, 1.807) is 16.9 Å². The molecular weight excluding hydrogens is 378 g/mol. The van der Waals surface area contributed by atoms with Crippen LogP contribution in [0.1, 0.15) is 50.3 Å². The average Bonchev–Trinajstić information content (AvgIpc) is 3.15. The summed E-state index contributed by atoms with van der Waals surface area (Å²) in [6.07, 6.45) is 8.66. The van der Waals surface area contributed by atoms with Gasteiger partial charge >= 0.3 is 0 Å². The van der Waals surface area contributed by atoms with Crippen LogP contribution in [0.4, 0.5) is 0 Å². The summed E-state index contributed by atoms with van der Waals surface area (Å²) in [6.45, 7) is 3.27. The first-order valence-corrected chi connectivity index (χ1v) is 11.0.